The van der Waals surface area contributed by atoms with Crippen LogP contribution in [0.15, 0.2) is 29.2 Å². The Bertz CT molecular complexity index is 816. The van der Waals surface area contributed by atoms with Gasteiger partial charge in [-0.15, -0.1) is 0 Å². The van der Waals surface area contributed by atoms with Crippen molar-refractivity contribution in [2.24, 2.45) is 0 Å². The fourth-order valence-electron chi connectivity index (χ4n) is 3.02. The zero-order valence-electron chi connectivity index (χ0n) is 13.6. The van der Waals surface area contributed by atoms with E-state index in [1.54, 1.807) is 37.7 Å². The average molecular weight is 369 g/mol. The third kappa shape index (κ3) is 3.22. The predicted octanol–water partition coefficient (Wildman–Crippen LogP) is 3.03. The van der Waals surface area contributed by atoms with Gasteiger partial charge in [-0.2, -0.15) is 21.2 Å². The first kappa shape index (κ1) is 17.4. The van der Waals surface area contributed by atoms with Gasteiger partial charge in [-0.1, -0.05) is 18.2 Å². The number of hydrogen-bond donors (Lipinski definition) is 1. The lowest BCUT2D eigenvalue weighted by molar-refractivity contribution is 0.426. The van der Waals surface area contributed by atoms with Gasteiger partial charge < -0.3 is 0 Å². The maximum absolute atomic E-state index is 14.0. The van der Waals surface area contributed by atoms with Gasteiger partial charge in [-0.05, 0) is 26.3 Å². The monoisotopic (exact) mass is 369 g/mol. The molecule has 0 bridgehead atoms. The van der Waals surface area contributed by atoms with Crippen molar-refractivity contribution in [1.29, 1.82) is 0 Å². The molecule has 3 rings (SSSR count). The highest BCUT2D eigenvalue weighted by molar-refractivity contribution is 7.99. The second-order valence-corrected chi connectivity index (χ2v) is 9.02. The quantitative estimate of drug-likeness (QED) is 0.903. The maximum atomic E-state index is 14.0. The Labute approximate surface area is 145 Å². The minimum atomic E-state index is -3.59. The van der Waals surface area contributed by atoms with Crippen molar-refractivity contribution in [3.05, 3.63) is 47.0 Å². The van der Waals surface area contributed by atoms with Gasteiger partial charge in [0.25, 0.3) is 0 Å². The van der Waals surface area contributed by atoms with E-state index in [0.29, 0.717) is 42.2 Å². The Kier molecular flexibility index (Phi) is 4.98. The van der Waals surface area contributed by atoms with Crippen LogP contribution in [-0.2, 0) is 10.0 Å². The van der Waals surface area contributed by atoms with Crippen LogP contribution < -0.4 is 0 Å². The fourth-order valence-corrected chi connectivity index (χ4v) is 6.18. The fraction of sp³-hybridized carbons (Fsp3) is 0.438. The number of hydrogen-bond acceptors (Lipinski definition) is 4. The number of thioether (sulfide) groups is 1. The lowest BCUT2D eigenvalue weighted by Gasteiger charge is -2.20. The van der Waals surface area contributed by atoms with E-state index >= 15 is 0 Å². The number of halogens is 1. The topological polar surface area (TPSA) is 66.1 Å². The highest BCUT2D eigenvalue weighted by Gasteiger charge is 2.32. The maximum Gasteiger partial charge on any atom is 0.246 e. The third-order valence-electron chi connectivity index (χ3n) is 4.21. The van der Waals surface area contributed by atoms with Crippen LogP contribution in [0.5, 0.6) is 0 Å². The molecule has 24 heavy (non-hydrogen) atoms. The molecular weight excluding hydrogens is 349 g/mol. The molecule has 0 aliphatic carbocycles. The molecule has 1 N–H and O–H groups in total. The zero-order valence-corrected chi connectivity index (χ0v) is 15.3. The van der Waals surface area contributed by atoms with E-state index in [1.807, 2.05) is 6.07 Å². The number of aromatic amines is 1. The molecule has 1 fully saturated rings. The van der Waals surface area contributed by atoms with Gasteiger partial charge >= 0.3 is 0 Å². The van der Waals surface area contributed by atoms with Gasteiger partial charge in [0, 0.05) is 29.7 Å². The number of nitrogens with one attached hydrogen (secondary N) is 1. The van der Waals surface area contributed by atoms with Gasteiger partial charge in [0.05, 0.1) is 11.4 Å². The molecule has 1 atom stereocenters. The van der Waals surface area contributed by atoms with Gasteiger partial charge in [0.2, 0.25) is 10.0 Å². The summed E-state index contributed by atoms with van der Waals surface area (Å²) >= 11 is 1.61. The summed E-state index contributed by atoms with van der Waals surface area (Å²) in [6.07, 6.45) is 0.584. The van der Waals surface area contributed by atoms with E-state index < -0.39 is 10.0 Å². The first-order valence-corrected chi connectivity index (χ1v) is 10.3. The first-order valence-electron chi connectivity index (χ1n) is 7.79. The second kappa shape index (κ2) is 6.85. The van der Waals surface area contributed by atoms with Crippen molar-refractivity contribution >= 4 is 21.8 Å². The second-order valence-electron chi connectivity index (χ2n) is 5.84. The summed E-state index contributed by atoms with van der Waals surface area (Å²) in [5.41, 5.74) is 1.68. The van der Waals surface area contributed by atoms with Crippen LogP contribution in [0, 0.1) is 19.7 Å². The SMILES string of the molecule is Cc1n[nH]c(C)c1S(=O)(=O)N1CCSC(c2ccccc2F)CC1. The molecular formula is C16H20FN3O2S2. The van der Waals surface area contributed by atoms with Crippen molar-refractivity contribution in [3.63, 3.8) is 0 Å². The lowest BCUT2D eigenvalue weighted by Crippen LogP contribution is -2.33. The number of aryl methyl sites for hydroxylation is 2. The first-order chi connectivity index (χ1) is 11.4. The highest BCUT2D eigenvalue weighted by atomic mass is 32.2. The van der Waals surface area contributed by atoms with E-state index in [-0.39, 0.29) is 16.0 Å². The van der Waals surface area contributed by atoms with Crippen LogP contribution in [0.4, 0.5) is 4.39 Å². The summed E-state index contributed by atoms with van der Waals surface area (Å²) < 4.78 is 41.4. The number of aromatic nitrogens is 2. The van der Waals surface area contributed by atoms with Gasteiger partial charge in [0.15, 0.2) is 0 Å². The Balaban J connectivity index is 1.82. The van der Waals surface area contributed by atoms with Crippen molar-refractivity contribution in [3.8, 4) is 0 Å². The van der Waals surface area contributed by atoms with Gasteiger partial charge in [-0.25, -0.2) is 12.8 Å². The molecule has 0 amide bonds. The third-order valence-corrected chi connectivity index (χ3v) is 7.68. The van der Waals surface area contributed by atoms with E-state index in [1.165, 1.54) is 10.4 Å². The predicted molar refractivity (Wildman–Crippen MR) is 93.0 cm³/mol. The van der Waals surface area contributed by atoms with E-state index in [4.69, 9.17) is 0 Å². The summed E-state index contributed by atoms with van der Waals surface area (Å²) in [4.78, 5) is 0.261. The molecule has 0 saturated carbocycles. The molecule has 2 aromatic rings. The van der Waals surface area contributed by atoms with Gasteiger partial charge in [0.1, 0.15) is 10.7 Å². The molecule has 1 aromatic heterocycles. The molecule has 0 radical (unpaired) electrons. The molecule has 1 saturated heterocycles. The summed E-state index contributed by atoms with van der Waals surface area (Å²) in [6, 6.07) is 6.72. The highest BCUT2D eigenvalue weighted by Crippen LogP contribution is 2.37. The number of nitrogens with zero attached hydrogens (tertiary/aromatic N) is 2. The Hall–Kier alpha value is -1.38. The minimum absolute atomic E-state index is 0.0297. The van der Waals surface area contributed by atoms with Crippen LogP contribution >= 0.6 is 11.8 Å². The lowest BCUT2D eigenvalue weighted by atomic mass is 10.1. The van der Waals surface area contributed by atoms with Crippen molar-refractivity contribution in [2.75, 3.05) is 18.8 Å². The number of benzene rings is 1. The summed E-state index contributed by atoms with van der Waals surface area (Å²) in [7, 11) is -3.59. The van der Waals surface area contributed by atoms with Gasteiger partial charge in [-0.3, -0.25) is 5.10 Å². The van der Waals surface area contributed by atoms with Crippen LogP contribution in [0.2, 0.25) is 0 Å². The van der Waals surface area contributed by atoms with Crippen LogP contribution in [-0.4, -0.2) is 41.8 Å². The van der Waals surface area contributed by atoms with Crippen LogP contribution in [0.3, 0.4) is 0 Å². The number of H-pyrrole nitrogens is 1. The Morgan fingerprint density at radius 1 is 1.29 bits per heavy atom. The molecule has 130 valence electrons. The summed E-state index contributed by atoms with van der Waals surface area (Å²) in [5, 5.41) is 6.69. The van der Waals surface area contributed by atoms with Crippen molar-refractivity contribution in [2.45, 2.75) is 30.4 Å². The average Bonchev–Trinajstić information content (AvgIpc) is 2.76. The van der Waals surface area contributed by atoms with E-state index in [2.05, 4.69) is 10.2 Å². The van der Waals surface area contributed by atoms with Crippen molar-refractivity contribution < 1.29 is 12.8 Å². The van der Waals surface area contributed by atoms with E-state index in [0.717, 1.165) is 0 Å². The minimum Gasteiger partial charge on any atom is -0.281 e. The number of rotatable bonds is 3. The molecule has 1 aliphatic heterocycles. The molecule has 0 spiro atoms. The molecule has 5 nitrogen and oxygen atoms in total. The molecule has 1 unspecified atom stereocenters. The molecule has 2 heterocycles. The standard InChI is InChI=1S/C16H20FN3O2S2/c1-11-16(12(2)19-18-11)24(21,22)20-8-7-15(23-10-9-20)13-5-3-4-6-14(13)17/h3-6,15H,7-10H2,1-2H3,(H,18,19). The smallest absolute Gasteiger partial charge is 0.246 e. The number of sulfonamides is 1. The summed E-state index contributed by atoms with van der Waals surface area (Å²) in [5.74, 6) is 0.404. The van der Waals surface area contributed by atoms with Crippen LogP contribution in [0.1, 0.15) is 28.6 Å². The molecule has 1 aromatic carbocycles. The summed E-state index contributed by atoms with van der Waals surface area (Å²) in [6.45, 7) is 4.19. The normalized spacial score (nSPS) is 20.0. The van der Waals surface area contributed by atoms with Crippen molar-refractivity contribution in [1.82, 2.24) is 14.5 Å². The largest absolute Gasteiger partial charge is 0.281 e. The zero-order chi connectivity index (χ0) is 17.3. The molecule has 8 heteroatoms. The van der Waals surface area contributed by atoms with Crippen LogP contribution in [0.25, 0.3) is 0 Å². The molecule has 1 aliphatic rings. The van der Waals surface area contributed by atoms with E-state index in [9.17, 15) is 12.8 Å². The Morgan fingerprint density at radius 2 is 2.04 bits per heavy atom. The Morgan fingerprint density at radius 3 is 2.71 bits per heavy atom.